The van der Waals surface area contributed by atoms with Crippen molar-refractivity contribution in [1.29, 1.82) is 0 Å². The smallest absolute Gasteiger partial charge is 0.0170 e. The minimum Gasteiger partial charge on any atom is -0.0914 e. The van der Waals surface area contributed by atoms with Crippen molar-refractivity contribution in [3.63, 3.8) is 0 Å². The molecule has 0 heterocycles. The Morgan fingerprint density at radius 3 is 1.50 bits per heavy atom. The molecule has 0 aromatic heterocycles. The Bertz CT molecular complexity index is 124. The number of allylic oxidation sites excluding steroid dienone is 4. The number of hydrogen-bond donors (Lipinski definition) is 0. The van der Waals surface area contributed by atoms with Crippen LogP contribution in [0.2, 0.25) is 0 Å². The SMILES string of the molecule is C/C=C/[C@@H]1CC[C@@H]1/C=C/C. The van der Waals surface area contributed by atoms with E-state index >= 15 is 0 Å². The molecule has 0 aromatic rings. The highest BCUT2D eigenvalue weighted by Gasteiger charge is 2.25. The van der Waals surface area contributed by atoms with Crippen LogP contribution in [0.1, 0.15) is 26.7 Å². The molecule has 0 aromatic carbocycles. The van der Waals surface area contributed by atoms with E-state index in [9.17, 15) is 0 Å². The second kappa shape index (κ2) is 3.60. The standard InChI is InChI=1S/C10H16/c1-3-5-9-7-8-10(9)6-4-2/h3-6,9-10H,7-8H2,1-2H3/b5-3+,6-4+/t9-,10+. The molecular weight excluding hydrogens is 120 g/mol. The Labute approximate surface area is 63.6 Å². The van der Waals surface area contributed by atoms with Gasteiger partial charge >= 0.3 is 0 Å². The maximum atomic E-state index is 2.33. The Hall–Kier alpha value is -0.520. The molecule has 0 heteroatoms. The van der Waals surface area contributed by atoms with Crippen LogP contribution in [0.4, 0.5) is 0 Å². The molecular formula is C10H16. The largest absolute Gasteiger partial charge is 0.0914 e. The summed E-state index contributed by atoms with van der Waals surface area (Å²) in [4.78, 5) is 0. The normalized spacial score (nSPS) is 33.4. The van der Waals surface area contributed by atoms with E-state index in [1.165, 1.54) is 12.8 Å². The molecule has 0 radical (unpaired) electrons. The highest BCUT2D eigenvalue weighted by atomic mass is 14.3. The van der Waals surface area contributed by atoms with Crippen LogP contribution in [-0.4, -0.2) is 0 Å². The zero-order valence-electron chi connectivity index (χ0n) is 6.88. The summed E-state index contributed by atoms with van der Waals surface area (Å²) < 4.78 is 0. The van der Waals surface area contributed by atoms with E-state index in [1.54, 1.807) is 0 Å². The van der Waals surface area contributed by atoms with Crippen molar-refractivity contribution in [1.82, 2.24) is 0 Å². The van der Waals surface area contributed by atoms with Crippen LogP contribution in [0.3, 0.4) is 0 Å². The molecule has 1 aliphatic carbocycles. The molecule has 0 amide bonds. The van der Waals surface area contributed by atoms with Crippen LogP contribution in [-0.2, 0) is 0 Å². The lowest BCUT2D eigenvalue weighted by molar-refractivity contribution is 0.286. The third kappa shape index (κ3) is 1.50. The van der Waals surface area contributed by atoms with Crippen molar-refractivity contribution in [2.75, 3.05) is 0 Å². The fraction of sp³-hybridized carbons (Fsp3) is 0.600. The highest BCUT2D eigenvalue weighted by molar-refractivity contribution is 5.03. The molecule has 1 aliphatic rings. The summed E-state index contributed by atoms with van der Waals surface area (Å²) in [6.45, 7) is 4.20. The third-order valence-corrected chi connectivity index (χ3v) is 2.26. The highest BCUT2D eigenvalue weighted by Crippen LogP contribution is 2.36. The van der Waals surface area contributed by atoms with Gasteiger partial charge in [0.2, 0.25) is 0 Å². The second-order valence-corrected chi connectivity index (χ2v) is 2.96. The van der Waals surface area contributed by atoms with Crippen molar-refractivity contribution in [3.05, 3.63) is 24.3 Å². The summed E-state index contributed by atoms with van der Waals surface area (Å²) in [5, 5.41) is 0. The lowest BCUT2D eigenvalue weighted by Gasteiger charge is -2.32. The van der Waals surface area contributed by atoms with E-state index < -0.39 is 0 Å². The Kier molecular flexibility index (Phi) is 2.73. The van der Waals surface area contributed by atoms with Gasteiger partial charge in [0.25, 0.3) is 0 Å². The first kappa shape index (κ1) is 7.59. The van der Waals surface area contributed by atoms with Gasteiger partial charge in [-0.25, -0.2) is 0 Å². The first-order valence-corrected chi connectivity index (χ1v) is 4.14. The van der Waals surface area contributed by atoms with Crippen molar-refractivity contribution < 1.29 is 0 Å². The van der Waals surface area contributed by atoms with Gasteiger partial charge in [-0.1, -0.05) is 24.3 Å². The van der Waals surface area contributed by atoms with Crippen LogP contribution in [0.25, 0.3) is 0 Å². The maximum Gasteiger partial charge on any atom is -0.0170 e. The van der Waals surface area contributed by atoms with Gasteiger partial charge in [0.05, 0.1) is 0 Å². The summed E-state index contributed by atoms with van der Waals surface area (Å²) in [6.07, 6.45) is 11.8. The zero-order chi connectivity index (χ0) is 7.40. The number of rotatable bonds is 2. The van der Waals surface area contributed by atoms with Gasteiger partial charge in [-0.2, -0.15) is 0 Å². The summed E-state index contributed by atoms with van der Waals surface area (Å²) >= 11 is 0. The van der Waals surface area contributed by atoms with Crippen molar-refractivity contribution in [2.24, 2.45) is 11.8 Å². The predicted molar refractivity (Wildman–Crippen MR) is 45.8 cm³/mol. The molecule has 10 heavy (non-hydrogen) atoms. The van der Waals surface area contributed by atoms with Gasteiger partial charge in [0.15, 0.2) is 0 Å². The molecule has 1 rings (SSSR count). The minimum absolute atomic E-state index is 0.848. The van der Waals surface area contributed by atoms with Crippen LogP contribution in [0, 0.1) is 11.8 Å². The van der Waals surface area contributed by atoms with Crippen LogP contribution < -0.4 is 0 Å². The van der Waals surface area contributed by atoms with E-state index in [4.69, 9.17) is 0 Å². The molecule has 0 unspecified atom stereocenters. The van der Waals surface area contributed by atoms with E-state index in [-0.39, 0.29) is 0 Å². The Morgan fingerprint density at radius 2 is 1.30 bits per heavy atom. The van der Waals surface area contributed by atoms with Gasteiger partial charge in [-0.05, 0) is 38.5 Å². The van der Waals surface area contributed by atoms with Crippen molar-refractivity contribution >= 4 is 0 Å². The summed E-state index contributed by atoms with van der Waals surface area (Å²) in [5.74, 6) is 1.70. The fourth-order valence-corrected chi connectivity index (χ4v) is 1.52. The molecule has 56 valence electrons. The first-order chi connectivity index (χ1) is 4.88. The Morgan fingerprint density at radius 1 is 0.900 bits per heavy atom. The third-order valence-electron chi connectivity index (χ3n) is 2.26. The molecule has 0 nitrogen and oxygen atoms in total. The van der Waals surface area contributed by atoms with Crippen LogP contribution in [0.15, 0.2) is 24.3 Å². The van der Waals surface area contributed by atoms with E-state index in [2.05, 4.69) is 38.2 Å². The average molecular weight is 136 g/mol. The fourth-order valence-electron chi connectivity index (χ4n) is 1.52. The first-order valence-electron chi connectivity index (χ1n) is 4.14. The molecule has 2 atom stereocenters. The molecule has 0 bridgehead atoms. The summed E-state index contributed by atoms with van der Waals surface area (Å²) in [7, 11) is 0. The molecule has 0 N–H and O–H groups in total. The van der Waals surface area contributed by atoms with Crippen molar-refractivity contribution in [2.45, 2.75) is 26.7 Å². The quantitative estimate of drug-likeness (QED) is 0.511. The monoisotopic (exact) mass is 136 g/mol. The lowest BCUT2D eigenvalue weighted by Crippen LogP contribution is -2.21. The van der Waals surface area contributed by atoms with Crippen LogP contribution in [0.5, 0.6) is 0 Å². The van der Waals surface area contributed by atoms with Gasteiger partial charge in [0.1, 0.15) is 0 Å². The topological polar surface area (TPSA) is 0 Å². The van der Waals surface area contributed by atoms with E-state index in [1.807, 2.05) is 0 Å². The van der Waals surface area contributed by atoms with Gasteiger partial charge in [-0.15, -0.1) is 0 Å². The molecule has 0 spiro atoms. The summed E-state index contributed by atoms with van der Waals surface area (Å²) in [5.41, 5.74) is 0. The minimum atomic E-state index is 0.848. The lowest BCUT2D eigenvalue weighted by atomic mass is 9.73. The van der Waals surface area contributed by atoms with E-state index in [0.29, 0.717) is 0 Å². The summed E-state index contributed by atoms with van der Waals surface area (Å²) in [6, 6.07) is 0. The van der Waals surface area contributed by atoms with Crippen LogP contribution >= 0.6 is 0 Å². The molecule has 1 fully saturated rings. The van der Waals surface area contributed by atoms with Gasteiger partial charge in [-0.3, -0.25) is 0 Å². The molecule has 1 saturated carbocycles. The second-order valence-electron chi connectivity index (χ2n) is 2.96. The molecule has 0 aliphatic heterocycles. The van der Waals surface area contributed by atoms with Gasteiger partial charge in [0, 0.05) is 0 Å². The van der Waals surface area contributed by atoms with E-state index in [0.717, 1.165) is 11.8 Å². The van der Waals surface area contributed by atoms with Crippen molar-refractivity contribution in [3.8, 4) is 0 Å². The predicted octanol–water partition coefficient (Wildman–Crippen LogP) is 3.16. The zero-order valence-corrected chi connectivity index (χ0v) is 6.88. The Balaban J connectivity index is 2.35. The maximum absolute atomic E-state index is 2.33. The molecule has 0 saturated heterocycles. The van der Waals surface area contributed by atoms with Gasteiger partial charge < -0.3 is 0 Å². The average Bonchev–Trinajstić information content (AvgIpc) is 1.93. The number of hydrogen-bond acceptors (Lipinski definition) is 0.